The fraction of sp³-hybridized carbons (Fsp3) is 0.0500. The smallest absolute Gasteiger partial charge is 0.124 e. The van der Waals surface area contributed by atoms with Crippen molar-refractivity contribution in [3.8, 4) is 77.3 Å². The second kappa shape index (κ2) is 14.4. The molecule has 0 N–H and O–H groups in total. The fourth-order valence-corrected chi connectivity index (χ4v) is 10.9. The van der Waals surface area contributed by atoms with Crippen molar-refractivity contribution in [2.24, 2.45) is 0 Å². The standard InChI is InChI=1S/C60H41NS/c1-60(2)53-35-44(40-27-29-41(30-28-40)59-61-55-25-11-12-26-56(55)62-59)31-32-47(53)50-36-51-52(37-54(50)60)58(46-22-14-20-43(34-46)39-17-7-4-8-18-39)49-24-10-9-23-48(49)57(51)45-21-13-19-42(33-45)38-15-5-3-6-16-38/h3-37H,1-2H3. The van der Waals surface area contributed by atoms with E-state index < -0.39 is 0 Å². The molecule has 0 saturated carbocycles. The predicted octanol–water partition coefficient (Wildman–Crippen LogP) is 16.9. The van der Waals surface area contributed by atoms with E-state index in [-0.39, 0.29) is 5.41 Å². The van der Waals surface area contributed by atoms with Crippen LogP contribution in [-0.2, 0) is 5.41 Å². The van der Waals surface area contributed by atoms with Gasteiger partial charge in [0.15, 0.2) is 0 Å². The van der Waals surface area contributed by atoms with Crippen LogP contribution in [-0.4, -0.2) is 4.98 Å². The Hall–Kier alpha value is -7.39. The van der Waals surface area contributed by atoms with Crippen molar-refractivity contribution < 1.29 is 0 Å². The Morgan fingerprint density at radius 3 is 1.44 bits per heavy atom. The summed E-state index contributed by atoms with van der Waals surface area (Å²) in [6.07, 6.45) is 0. The zero-order valence-electron chi connectivity index (χ0n) is 34.6. The number of nitrogens with zero attached hydrogens (tertiary/aromatic N) is 1. The van der Waals surface area contributed by atoms with Gasteiger partial charge in [0.05, 0.1) is 10.2 Å². The number of thiazole rings is 1. The minimum atomic E-state index is -0.224. The summed E-state index contributed by atoms with van der Waals surface area (Å²) < 4.78 is 1.22. The van der Waals surface area contributed by atoms with Crippen LogP contribution in [0.15, 0.2) is 212 Å². The summed E-state index contributed by atoms with van der Waals surface area (Å²) in [6, 6.07) is 78.3. The van der Waals surface area contributed by atoms with Gasteiger partial charge in [-0.25, -0.2) is 4.98 Å². The minimum Gasteiger partial charge on any atom is -0.236 e. The predicted molar refractivity (Wildman–Crippen MR) is 265 cm³/mol. The zero-order valence-corrected chi connectivity index (χ0v) is 35.4. The van der Waals surface area contributed by atoms with Gasteiger partial charge < -0.3 is 0 Å². The molecule has 10 aromatic carbocycles. The normalized spacial score (nSPS) is 12.8. The molecule has 1 aliphatic rings. The van der Waals surface area contributed by atoms with Crippen LogP contribution >= 0.6 is 11.3 Å². The number of benzene rings is 10. The van der Waals surface area contributed by atoms with Crippen LogP contribution in [0.5, 0.6) is 0 Å². The van der Waals surface area contributed by atoms with E-state index in [1.165, 1.54) is 104 Å². The second-order valence-electron chi connectivity index (χ2n) is 17.1. The lowest BCUT2D eigenvalue weighted by Crippen LogP contribution is -2.15. The van der Waals surface area contributed by atoms with Gasteiger partial charge in [-0.3, -0.25) is 0 Å². The van der Waals surface area contributed by atoms with Crippen molar-refractivity contribution >= 4 is 43.1 Å². The third kappa shape index (κ3) is 5.94. The largest absolute Gasteiger partial charge is 0.236 e. The maximum Gasteiger partial charge on any atom is 0.124 e. The molecule has 0 spiro atoms. The van der Waals surface area contributed by atoms with E-state index in [9.17, 15) is 0 Å². The summed E-state index contributed by atoms with van der Waals surface area (Å²) in [5, 5.41) is 6.12. The van der Waals surface area contributed by atoms with Crippen LogP contribution in [0, 0.1) is 0 Å². The zero-order chi connectivity index (χ0) is 41.4. The average molecular weight is 808 g/mol. The Kier molecular flexibility index (Phi) is 8.45. The number of hydrogen-bond donors (Lipinski definition) is 0. The molecule has 0 amide bonds. The van der Waals surface area contributed by atoms with E-state index in [0.717, 1.165) is 16.1 Å². The Morgan fingerprint density at radius 2 is 0.806 bits per heavy atom. The molecule has 1 heterocycles. The van der Waals surface area contributed by atoms with Crippen molar-refractivity contribution in [3.05, 3.63) is 223 Å². The molecule has 0 unspecified atom stereocenters. The van der Waals surface area contributed by atoms with Gasteiger partial charge in [-0.15, -0.1) is 11.3 Å². The van der Waals surface area contributed by atoms with Crippen LogP contribution in [0.3, 0.4) is 0 Å². The number of rotatable bonds is 6. The van der Waals surface area contributed by atoms with Crippen molar-refractivity contribution in [2.45, 2.75) is 19.3 Å². The van der Waals surface area contributed by atoms with Crippen LogP contribution in [0.25, 0.3) is 109 Å². The van der Waals surface area contributed by atoms with Gasteiger partial charge >= 0.3 is 0 Å². The van der Waals surface area contributed by atoms with E-state index in [4.69, 9.17) is 4.98 Å². The first kappa shape index (κ1) is 36.5. The molecule has 0 atom stereocenters. The van der Waals surface area contributed by atoms with Crippen molar-refractivity contribution in [1.82, 2.24) is 4.98 Å². The first-order chi connectivity index (χ1) is 30.5. The molecule has 0 bridgehead atoms. The number of fused-ring (bicyclic) bond motifs is 6. The van der Waals surface area contributed by atoms with Gasteiger partial charge in [0.2, 0.25) is 0 Å². The maximum absolute atomic E-state index is 4.92. The second-order valence-corrected chi connectivity index (χ2v) is 18.1. The van der Waals surface area contributed by atoms with Crippen LogP contribution in [0.1, 0.15) is 25.0 Å². The molecule has 2 heteroatoms. The van der Waals surface area contributed by atoms with E-state index in [1.54, 1.807) is 11.3 Å². The molecule has 292 valence electrons. The molecule has 11 aromatic rings. The molecule has 1 aliphatic carbocycles. The van der Waals surface area contributed by atoms with Crippen LogP contribution in [0.2, 0.25) is 0 Å². The lowest BCUT2D eigenvalue weighted by atomic mass is 9.79. The van der Waals surface area contributed by atoms with Gasteiger partial charge in [-0.05, 0) is 142 Å². The van der Waals surface area contributed by atoms with Crippen molar-refractivity contribution in [1.29, 1.82) is 0 Å². The van der Waals surface area contributed by atoms with Gasteiger partial charge in [-0.1, -0.05) is 184 Å². The molecule has 1 aromatic heterocycles. The van der Waals surface area contributed by atoms with Crippen molar-refractivity contribution in [3.63, 3.8) is 0 Å². The number of para-hydroxylation sites is 1. The number of aromatic nitrogens is 1. The third-order valence-electron chi connectivity index (χ3n) is 13.1. The SMILES string of the molecule is CC1(C)c2cc(-c3ccc(-c4nc5ccccc5s4)cc3)ccc2-c2cc3c(-c4cccc(-c5ccccc5)c4)c4ccccc4c(-c4cccc(-c5ccccc5)c4)c3cc21. The molecular formula is C60H41NS. The van der Waals surface area contributed by atoms with Gasteiger partial charge in [0.1, 0.15) is 5.01 Å². The summed E-state index contributed by atoms with van der Waals surface area (Å²) in [5.41, 5.74) is 19.6. The summed E-state index contributed by atoms with van der Waals surface area (Å²) in [7, 11) is 0. The first-order valence-corrected chi connectivity index (χ1v) is 22.3. The highest BCUT2D eigenvalue weighted by molar-refractivity contribution is 7.21. The van der Waals surface area contributed by atoms with E-state index in [2.05, 4.69) is 226 Å². The Morgan fingerprint density at radius 1 is 0.339 bits per heavy atom. The van der Waals surface area contributed by atoms with Gasteiger partial charge in [-0.2, -0.15) is 0 Å². The fourth-order valence-electron chi connectivity index (χ4n) is 9.98. The Labute approximate surface area is 366 Å². The molecule has 0 radical (unpaired) electrons. The van der Waals surface area contributed by atoms with E-state index in [0.29, 0.717) is 0 Å². The molecule has 12 rings (SSSR count). The van der Waals surface area contributed by atoms with Gasteiger partial charge in [0, 0.05) is 11.0 Å². The van der Waals surface area contributed by atoms with Crippen LogP contribution < -0.4 is 0 Å². The molecule has 62 heavy (non-hydrogen) atoms. The van der Waals surface area contributed by atoms with E-state index >= 15 is 0 Å². The average Bonchev–Trinajstić information content (AvgIpc) is 3.86. The maximum atomic E-state index is 4.92. The highest BCUT2D eigenvalue weighted by atomic mass is 32.1. The van der Waals surface area contributed by atoms with Gasteiger partial charge in [0.25, 0.3) is 0 Å². The minimum absolute atomic E-state index is 0.224. The molecule has 1 nitrogen and oxygen atoms in total. The molecule has 0 aliphatic heterocycles. The highest BCUT2D eigenvalue weighted by Crippen LogP contribution is 2.54. The third-order valence-corrected chi connectivity index (χ3v) is 14.2. The summed E-state index contributed by atoms with van der Waals surface area (Å²) in [4.78, 5) is 4.92. The number of hydrogen-bond acceptors (Lipinski definition) is 2. The topological polar surface area (TPSA) is 12.9 Å². The lowest BCUT2D eigenvalue weighted by Gasteiger charge is -2.24. The summed E-state index contributed by atoms with van der Waals surface area (Å²) in [5.74, 6) is 0. The van der Waals surface area contributed by atoms with Crippen molar-refractivity contribution in [2.75, 3.05) is 0 Å². The molecule has 0 fully saturated rings. The quantitative estimate of drug-likeness (QED) is 0.153. The Balaban J connectivity index is 1.06. The summed E-state index contributed by atoms with van der Waals surface area (Å²) >= 11 is 1.75. The summed E-state index contributed by atoms with van der Waals surface area (Å²) in [6.45, 7) is 4.81. The van der Waals surface area contributed by atoms with E-state index in [1.807, 2.05) is 0 Å². The monoisotopic (exact) mass is 807 g/mol. The lowest BCUT2D eigenvalue weighted by molar-refractivity contribution is 0.661. The Bertz CT molecular complexity index is 3490. The molecule has 0 saturated heterocycles. The first-order valence-electron chi connectivity index (χ1n) is 21.4. The highest BCUT2D eigenvalue weighted by Gasteiger charge is 2.37. The molecular weight excluding hydrogens is 767 g/mol. The van der Waals surface area contributed by atoms with Crippen LogP contribution in [0.4, 0.5) is 0 Å².